The summed E-state index contributed by atoms with van der Waals surface area (Å²) >= 11 is 0. The summed E-state index contributed by atoms with van der Waals surface area (Å²) in [4.78, 5) is 20.4. The van der Waals surface area contributed by atoms with Gasteiger partial charge in [0.2, 0.25) is 11.7 Å². The highest BCUT2D eigenvalue weighted by molar-refractivity contribution is 6.01. The summed E-state index contributed by atoms with van der Waals surface area (Å²) in [6, 6.07) is 5.33. The Balaban J connectivity index is 2.19. The standard InChI is InChI=1S/C18H21N3O4/c1-11-8-12(2)20-18(19-11)21-16(22)7-6-13-9-14(23-3)17(25-5)15(10-13)24-4/h6-10H,1-5H3,(H,19,20,21,22). The normalized spacial score (nSPS) is 10.6. The Morgan fingerprint density at radius 1 is 0.960 bits per heavy atom. The molecular weight excluding hydrogens is 322 g/mol. The molecule has 1 amide bonds. The average molecular weight is 343 g/mol. The molecule has 0 unspecified atom stereocenters. The molecule has 132 valence electrons. The molecule has 0 bridgehead atoms. The van der Waals surface area contributed by atoms with Gasteiger partial charge >= 0.3 is 0 Å². The van der Waals surface area contributed by atoms with Crippen LogP contribution in [-0.2, 0) is 4.79 Å². The number of nitrogens with one attached hydrogen (secondary N) is 1. The molecule has 0 atom stereocenters. The Hall–Kier alpha value is -3.09. The van der Waals surface area contributed by atoms with Gasteiger partial charge < -0.3 is 14.2 Å². The third-order valence-corrected chi connectivity index (χ3v) is 3.33. The van der Waals surface area contributed by atoms with Crippen molar-refractivity contribution in [3.05, 3.63) is 41.2 Å². The van der Waals surface area contributed by atoms with E-state index in [1.165, 1.54) is 27.4 Å². The summed E-state index contributed by atoms with van der Waals surface area (Å²) in [6.45, 7) is 3.69. The lowest BCUT2D eigenvalue weighted by Gasteiger charge is -2.12. The van der Waals surface area contributed by atoms with Gasteiger partial charge in [0, 0.05) is 17.5 Å². The number of carbonyl (C=O) groups is 1. The predicted octanol–water partition coefficient (Wildman–Crippen LogP) is 2.77. The maximum atomic E-state index is 12.1. The first-order valence-corrected chi connectivity index (χ1v) is 7.58. The number of benzene rings is 1. The third kappa shape index (κ3) is 4.69. The van der Waals surface area contributed by atoms with Crippen molar-refractivity contribution in [1.29, 1.82) is 0 Å². The van der Waals surface area contributed by atoms with Gasteiger partial charge in [0.15, 0.2) is 11.5 Å². The zero-order valence-corrected chi connectivity index (χ0v) is 14.9. The van der Waals surface area contributed by atoms with Crippen LogP contribution in [0.25, 0.3) is 6.08 Å². The van der Waals surface area contributed by atoms with E-state index in [1.54, 1.807) is 18.2 Å². The molecule has 0 radical (unpaired) electrons. The predicted molar refractivity (Wildman–Crippen MR) is 95.3 cm³/mol. The van der Waals surface area contributed by atoms with Crippen LogP contribution in [0.1, 0.15) is 17.0 Å². The quantitative estimate of drug-likeness (QED) is 0.812. The maximum absolute atomic E-state index is 12.1. The number of carbonyl (C=O) groups excluding carboxylic acids is 1. The SMILES string of the molecule is COc1cc(C=CC(=O)Nc2nc(C)cc(C)n2)cc(OC)c1OC. The summed E-state index contributed by atoms with van der Waals surface area (Å²) in [6.07, 6.45) is 3.03. The maximum Gasteiger partial charge on any atom is 0.250 e. The minimum absolute atomic E-state index is 0.275. The van der Waals surface area contributed by atoms with E-state index in [-0.39, 0.29) is 11.9 Å². The lowest BCUT2D eigenvalue weighted by Crippen LogP contribution is -2.11. The van der Waals surface area contributed by atoms with E-state index in [1.807, 2.05) is 19.9 Å². The molecule has 0 aliphatic rings. The largest absolute Gasteiger partial charge is 0.493 e. The Labute approximate surface area is 146 Å². The van der Waals surface area contributed by atoms with Crippen LogP contribution in [0.3, 0.4) is 0 Å². The average Bonchev–Trinajstić information content (AvgIpc) is 2.57. The number of amides is 1. The van der Waals surface area contributed by atoms with Crippen molar-refractivity contribution in [2.45, 2.75) is 13.8 Å². The Morgan fingerprint density at radius 2 is 1.52 bits per heavy atom. The van der Waals surface area contributed by atoms with Gasteiger partial charge in [0.1, 0.15) is 0 Å². The molecule has 1 aromatic carbocycles. The van der Waals surface area contributed by atoms with Crippen molar-refractivity contribution < 1.29 is 19.0 Å². The molecule has 0 spiro atoms. The molecule has 2 rings (SSSR count). The summed E-state index contributed by atoms with van der Waals surface area (Å²) in [5.74, 6) is 1.46. The minimum atomic E-state index is -0.334. The first-order chi connectivity index (χ1) is 12.0. The van der Waals surface area contributed by atoms with Crippen LogP contribution in [0.15, 0.2) is 24.3 Å². The number of hydrogen-bond donors (Lipinski definition) is 1. The Bertz CT molecular complexity index is 758. The smallest absolute Gasteiger partial charge is 0.250 e. The number of hydrogen-bond acceptors (Lipinski definition) is 6. The first-order valence-electron chi connectivity index (χ1n) is 7.58. The number of ether oxygens (including phenoxy) is 3. The molecule has 1 N–H and O–H groups in total. The number of methoxy groups -OCH3 is 3. The highest BCUT2D eigenvalue weighted by atomic mass is 16.5. The van der Waals surface area contributed by atoms with Gasteiger partial charge in [-0.1, -0.05) is 0 Å². The fourth-order valence-electron chi connectivity index (χ4n) is 2.30. The van der Waals surface area contributed by atoms with Crippen molar-refractivity contribution in [3.63, 3.8) is 0 Å². The van der Waals surface area contributed by atoms with Crippen LogP contribution in [0, 0.1) is 13.8 Å². The van der Waals surface area contributed by atoms with E-state index < -0.39 is 0 Å². The molecule has 0 saturated carbocycles. The van der Waals surface area contributed by atoms with E-state index in [0.717, 1.165) is 17.0 Å². The lowest BCUT2D eigenvalue weighted by molar-refractivity contribution is -0.111. The van der Waals surface area contributed by atoms with Crippen molar-refractivity contribution in [1.82, 2.24) is 9.97 Å². The van der Waals surface area contributed by atoms with Gasteiger partial charge in [-0.3, -0.25) is 10.1 Å². The summed E-state index contributed by atoms with van der Waals surface area (Å²) in [5, 5.41) is 2.64. The second kappa shape index (κ2) is 8.14. The van der Waals surface area contributed by atoms with Crippen LogP contribution in [0.2, 0.25) is 0 Å². The van der Waals surface area contributed by atoms with E-state index >= 15 is 0 Å². The Kier molecular flexibility index (Phi) is 5.94. The van der Waals surface area contributed by atoms with E-state index in [4.69, 9.17) is 14.2 Å². The summed E-state index contributed by atoms with van der Waals surface area (Å²) in [5.41, 5.74) is 2.30. The molecule has 2 aromatic rings. The molecule has 7 nitrogen and oxygen atoms in total. The molecule has 0 aliphatic heterocycles. The van der Waals surface area contributed by atoms with Gasteiger partial charge in [-0.25, -0.2) is 9.97 Å². The van der Waals surface area contributed by atoms with E-state index in [9.17, 15) is 4.79 Å². The van der Waals surface area contributed by atoms with Crippen LogP contribution >= 0.6 is 0 Å². The second-order valence-corrected chi connectivity index (χ2v) is 5.26. The fraction of sp³-hybridized carbons (Fsp3) is 0.278. The number of rotatable bonds is 6. The highest BCUT2D eigenvalue weighted by Gasteiger charge is 2.12. The van der Waals surface area contributed by atoms with Gasteiger partial charge in [-0.15, -0.1) is 0 Å². The monoisotopic (exact) mass is 343 g/mol. The van der Waals surface area contributed by atoms with Crippen LogP contribution in [0.5, 0.6) is 17.2 Å². The second-order valence-electron chi connectivity index (χ2n) is 5.26. The lowest BCUT2D eigenvalue weighted by atomic mass is 10.1. The number of aromatic nitrogens is 2. The van der Waals surface area contributed by atoms with E-state index in [2.05, 4.69) is 15.3 Å². The first kappa shape index (κ1) is 18.3. The summed E-state index contributed by atoms with van der Waals surface area (Å²) in [7, 11) is 4.61. The van der Waals surface area contributed by atoms with Gasteiger partial charge in [-0.2, -0.15) is 0 Å². The Morgan fingerprint density at radius 3 is 2.00 bits per heavy atom. The van der Waals surface area contributed by atoms with Crippen molar-refractivity contribution >= 4 is 17.9 Å². The highest BCUT2D eigenvalue weighted by Crippen LogP contribution is 2.38. The molecule has 1 aromatic heterocycles. The van der Waals surface area contributed by atoms with Gasteiger partial charge in [-0.05, 0) is 43.7 Å². The van der Waals surface area contributed by atoms with Crippen LogP contribution in [-0.4, -0.2) is 37.2 Å². The number of aryl methyl sites for hydroxylation is 2. The van der Waals surface area contributed by atoms with Crippen LogP contribution in [0.4, 0.5) is 5.95 Å². The van der Waals surface area contributed by atoms with Gasteiger partial charge in [0.25, 0.3) is 5.91 Å². The molecule has 1 heterocycles. The van der Waals surface area contributed by atoms with Crippen molar-refractivity contribution in [2.24, 2.45) is 0 Å². The molecule has 25 heavy (non-hydrogen) atoms. The topological polar surface area (TPSA) is 82.6 Å². The summed E-state index contributed by atoms with van der Waals surface area (Å²) < 4.78 is 15.8. The molecule has 0 saturated heterocycles. The molecule has 0 aliphatic carbocycles. The van der Waals surface area contributed by atoms with Gasteiger partial charge in [0.05, 0.1) is 21.3 Å². The minimum Gasteiger partial charge on any atom is -0.493 e. The van der Waals surface area contributed by atoms with Crippen molar-refractivity contribution in [2.75, 3.05) is 26.6 Å². The molecular formula is C18H21N3O4. The van der Waals surface area contributed by atoms with Crippen molar-refractivity contribution in [3.8, 4) is 17.2 Å². The third-order valence-electron chi connectivity index (χ3n) is 3.33. The number of nitrogens with zero attached hydrogens (tertiary/aromatic N) is 2. The molecule has 7 heteroatoms. The zero-order valence-electron chi connectivity index (χ0n) is 14.9. The molecule has 0 fully saturated rings. The zero-order chi connectivity index (χ0) is 18.4. The fourth-order valence-corrected chi connectivity index (χ4v) is 2.30. The van der Waals surface area contributed by atoms with Crippen LogP contribution < -0.4 is 19.5 Å². The van der Waals surface area contributed by atoms with E-state index in [0.29, 0.717) is 17.2 Å². The number of anilines is 1.